The number of carbonyl (C=O) groups is 3. The third-order valence-electron chi connectivity index (χ3n) is 5.40. The largest absolute Gasteiger partial charge is 0.585 e. The van der Waals surface area contributed by atoms with Gasteiger partial charge in [-0.3, -0.25) is 19.5 Å². The van der Waals surface area contributed by atoms with Gasteiger partial charge in [0, 0.05) is 69.6 Å². The molecule has 0 saturated carbocycles. The molecule has 1 unspecified atom stereocenters. The summed E-state index contributed by atoms with van der Waals surface area (Å²) in [6, 6.07) is 6.06. The van der Waals surface area contributed by atoms with E-state index in [0.29, 0.717) is 30.8 Å². The number of pyridine rings is 2. The van der Waals surface area contributed by atoms with E-state index in [1.165, 1.54) is 30.3 Å². The molecule has 0 aliphatic heterocycles. The number of carboxylic acids is 1. The van der Waals surface area contributed by atoms with E-state index >= 15 is 0 Å². The maximum atomic E-state index is 12.4. The number of carbonyl (C=O) groups excluding carboxylic acids is 2. The summed E-state index contributed by atoms with van der Waals surface area (Å²) < 4.78 is 4.80. The number of hydrogen-bond acceptors (Lipinski definition) is 11. The Balaban J connectivity index is 0.00000113. The van der Waals surface area contributed by atoms with Crippen LogP contribution in [0.1, 0.15) is 35.2 Å². The van der Waals surface area contributed by atoms with Gasteiger partial charge in [0.15, 0.2) is 0 Å². The number of unbranched alkanes of at least 4 members (excludes halogenated alkanes) is 1. The second-order valence-electron chi connectivity index (χ2n) is 8.37. The van der Waals surface area contributed by atoms with Gasteiger partial charge in [0.1, 0.15) is 11.9 Å². The van der Waals surface area contributed by atoms with Crippen molar-refractivity contribution >= 4 is 29.4 Å². The zero-order valence-corrected chi connectivity index (χ0v) is 24.7. The van der Waals surface area contributed by atoms with Gasteiger partial charge in [-0.15, -0.1) is 0 Å². The number of nitrogens with one attached hydrogen (secondary N) is 4. The van der Waals surface area contributed by atoms with Crippen LogP contribution in [0.25, 0.3) is 11.5 Å². The molecule has 227 valence electrons. The first-order chi connectivity index (χ1) is 19.2. The van der Waals surface area contributed by atoms with Crippen LogP contribution in [-0.4, -0.2) is 101 Å². The van der Waals surface area contributed by atoms with Gasteiger partial charge in [0.25, 0.3) is 5.91 Å². The van der Waals surface area contributed by atoms with Crippen LogP contribution in [0.4, 0.5) is 5.82 Å². The van der Waals surface area contributed by atoms with Crippen molar-refractivity contribution in [1.82, 2.24) is 25.5 Å². The molecule has 41 heavy (non-hydrogen) atoms. The van der Waals surface area contributed by atoms with Crippen LogP contribution in [0.2, 0.25) is 0 Å². The topological polar surface area (TPSA) is 210 Å². The molecule has 0 aliphatic carbocycles. The van der Waals surface area contributed by atoms with Crippen molar-refractivity contribution in [2.24, 2.45) is 0 Å². The van der Waals surface area contributed by atoms with Gasteiger partial charge in [-0.2, -0.15) is 0 Å². The zero-order chi connectivity index (χ0) is 29.8. The van der Waals surface area contributed by atoms with E-state index in [0.717, 1.165) is 17.7 Å². The average molecular weight is 659 g/mol. The number of nitrogens with zero attached hydrogens (tertiary/aromatic N) is 3. The number of aliphatic hydroxyl groups excluding tert-OH is 2. The van der Waals surface area contributed by atoms with Crippen molar-refractivity contribution in [2.45, 2.75) is 25.3 Å². The molecule has 2 aromatic rings. The standard InChI is InChI=1S/C20H25N6O3.C6H13NO4.Tc/c1-14(15-6-5-10-22-12-15)23-11-4-3-7-17(20(28)29-2)25-19(27)16-8-9-18(26-21)24-13-16;8-3-1-7(2-4-9)5-6(10)11;/h5-6,8-10,12-13,17,21,23H,1,3-4,7,11H2,2H3,(H2,24,25,26,27);8-9H,1-5H2,(H,10,11);/q-1;;. The second kappa shape index (κ2) is 22.3. The molecule has 0 saturated heterocycles. The maximum absolute atomic E-state index is 12.4. The minimum Gasteiger partial charge on any atom is -0.585 e. The maximum Gasteiger partial charge on any atom is 0.328 e. The molecular weight excluding hydrogens is 620 g/mol. The van der Waals surface area contributed by atoms with Crippen LogP contribution in [0.5, 0.6) is 0 Å². The first kappa shape index (κ1) is 37.5. The number of aliphatic hydroxyl groups is 2. The Morgan fingerprint density at radius 2 is 1.80 bits per heavy atom. The van der Waals surface area contributed by atoms with Crippen LogP contribution in [0, 0.1) is 0 Å². The SMILES string of the molecule is C=C(NCCCCC(NC(=O)c1ccc(N[NH-])nc1)C(=O)OC)c1cccnc1.O=C(O)CN(CCO)CCO.[Tc]. The van der Waals surface area contributed by atoms with E-state index in [9.17, 15) is 14.4 Å². The molecule has 2 rings (SSSR count). The quantitative estimate of drug-likeness (QED) is 0.0796. The molecule has 7 N–H and O–H groups in total. The number of carboxylic acid groups (broad SMARTS) is 1. The molecule has 1 radical (unpaired) electrons. The summed E-state index contributed by atoms with van der Waals surface area (Å²) >= 11 is 0. The fourth-order valence-corrected chi connectivity index (χ4v) is 3.34. The number of ether oxygens (including phenoxy) is 1. The average Bonchev–Trinajstić information content (AvgIpc) is 2.96. The van der Waals surface area contributed by atoms with Crippen molar-refractivity contribution in [2.75, 3.05) is 51.9 Å². The van der Waals surface area contributed by atoms with Crippen molar-refractivity contribution in [3.8, 4) is 0 Å². The van der Waals surface area contributed by atoms with E-state index in [1.54, 1.807) is 12.4 Å². The molecule has 2 aromatic heterocycles. The summed E-state index contributed by atoms with van der Waals surface area (Å²) in [5, 5.41) is 31.2. The molecule has 14 nitrogen and oxygen atoms in total. The third-order valence-corrected chi connectivity index (χ3v) is 5.40. The molecule has 1 amide bonds. The number of methoxy groups -OCH3 is 1. The summed E-state index contributed by atoms with van der Waals surface area (Å²) in [4.78, 5) is 44.0. The number of amides is 1. The predicted octanol–water partition coefficient (Wildman–Crippen LogP) is 0.913. The molecule has 0 spiro atoms. The van der Waals surface area contributed by atoms with Crippen molar-refractivity contribution < 1.29 is 54.5 Å². The number of anilines is 1. The zero-order valence-electron chi connectivity index (χ0n) is 22.9. The summed E-state index contributed by atoms with van der Waals surface area (Å²) in [5.74, 6) is 5.47. The number of aliphatic carboxylic acids is 1. The summed E-state index contributed by atoms with van der Waals surface area (Å²) in [6.07, 6.45) is 6.71. The minimum atomic E-state index is -0.952. The Bertz CT molecular complexity index is 1040. The van der Waals surface area contributed by atoms with Gasteiger partial charge in [-0.25, -0.2) is 9.78 Å². The van der Waals surface area contributed by atoms with E-state index in [4.69, 9.17) is 25.9 Å². The second-order valence-corrected chi connectivity index (χ2v) is 8.37. The Labute approximate surface area is 252 Å². The molecule has 0 aromatic carbocycles. The van der Waals surface area contributed by atoms with E-state index in [2.05, 4.69) is 32.6 Å². The fraction of sp³-hybridized carbons (Fsp3) is 0.423. The Morgan fingerprint density at radius 1 is 1.10 bits per heavy atom. The van der Waals surface area contributed by atoms with Gasteiger partial charge in [0.2, 0.25) is 0 Å². The first-order valence-corrected chi connectivity index (χ1v) is 12.5. The van der Waals surface area contributed by atoms with E-state index in [1.807, 2.05) is 12.1 Å². The van der Waals surface area contributed by atoms with E-state index in [-0.39, 0.29) is 53.0 Å². The molecule has 2 heterocycles. The van der Waals surface area contributed by atoms with Crippen LogP contribution in [0.3, 0.4) is 0 Å². The van der Waals surface area contributed by atoms with Crippen molar-refractivity contribution in [3.63, 3.8) is 0 Å². The normalized spacial score (nSPS) is 10.8. The summed E-state index contributed by atoms with van der Waals surface area (Å²) in [6.45, 7) is 4.91. The Hall–Kier alpha value is -3.46. The van der Waals surface area contributed by atoms with Crippen LogP contribution in [0.15, 0.2) is 49.4 Å². The van der Waals surface area contributed by atoms with Crippen molar-refractivity contribution in [1.29, 1.82) is 0 Å². The van der Waals surface area contributed by atoms with Gasteiger partial charge in [0.05, 0.1) is 32.4 Å². The molecule has 0 fully saturated rings. The Morgan fingerprint density at radius 3 is 2.32 bits per heavy atom. The number of hydrogen-bond donors (Lipinski definition) is 6. The van der Waals surface area contributed by atoms with Gasteiger partial charge in [-0.1, -0.05) is 6.58 Å². The van der Waals surface area contributed by atoms with Crippen LogP contribution >= 0.6 is 0 Å². The third kappa shape index (κ3) is 15.8. The van der Waals surface area contributed by atoms with Gasteiger partial charge < -0.3 is 42.0 Å². The fourth-order valence-electron chi connectivity index (χ4n) is 3.34. The summed E-state index contributed by atoms with van der Waals surface area (Å²) in [5.41, 5.74) is 4.15. The molecule has 1 atom stereocenters. The Kier molecular flexibility index (Phi) is 20.4. The number of rotatable bonds is 17. The smallest absolute Gasteiger partial charge is 0.328 e. The molecular formula is C26H38N7O7Tc-. The number of aromatic nitrogens is 2. The first-order valence-electron chi connectivity index (χ1n) is 12.5. The van der Waals surface area contributed by atoms with Gasteiger partial charge in [-0.05, 0) is 43.5 Å². The summed E-state index contributed by atoms with van der Waals surface area (Å²) in [7, 11) is 1.29. The van der Waals surface area contributed by atoms with Gasteiger partial charge >= 0.3 is 11.9 Å². The molecule has 0 bridgehead atoms. The monoisotopic (exact) mass is 657 g/mol. The van der Waals surface area contributed by atoms with Crippen LogP contribution in [-0.2, 0) is 34.4 Å². The van der Waals surface area contributed by atoms with Crippen LogP contribution < -0.4 is 16.1 Å². The predicted molar refractivity (Wildman–Crippen MR) is 149 cm³/mol. The van der Waals surface area contributed by atoms with E-state index < -0.39 is 23.9 Å². The van der Waals surface area contributed by atoms with Crippen molar-refractivity contribution in [3.05, 3.63) is 66.4 Å². The minimum absolute atomic E-state index is 0. The molecule has 0 aliphatic rings. The molecule has 15 heteroatoms. The number of esters is 1.